The predicted molar refractivity (Wildman–Crippen MR) is 103 cm³/mol. The van der Waals surface area contributed by atoms with E-state index < -0.39 is 0 Å². The zero-order valence-electron chi connectivity index (χ0n) is 16.1. The van der Waals surface area contributed by atoms with Crippen LogP contribution in [0.25, 0.3) is 0 Å². The first kappa shape index (κ1) is 20.1. The van der Waals surface area contributed by atoms with Crippen LogP contribution in [0.4, 0.5) is 5.69 Å². The summed E-state index contributed by atoms with van der Waals surface area (Å²) in [4.78, 5) is 24.0. The summed E-state index contributed by atoms with van der Waals surface area (Å²) in [7, 11) is 4.47. The number of nitrogens with one attached hydrogen (secondary N) is 2. The van der Waals surface area contributed by atoms with Crippen molar-refractivity contribution in [3.05, 3.63) is 47.5 Å². The van der Waals surface area contributed by atoms with E-state index in [1.807, 2.05) is 25.1 Å². The molecule has 0 heterocycles. The zero-order chi connectivity index (χ0) is 20.0. The molecule has 27 heavy (non-hydrogen) atoms. The molecule has 0 aliphatic rings. The molecule has 0 radical (unpaired) electrons. The molecule has 0 bridgehead atoms. The van der Waals surface area contributed by atoms with Gasteiger partial charge in [-0.05, 0) is 36.8 Å². The zero-order valence-corrected chi connectivity index (χ0v) is 16.1. The molecule has 0 spiro atoms. The molecule has 7 nitrogen and oxygen atoms in total. The van der Waals surface area contributed by atoms with E-state index in [0.717, 1.165) is 5.56 Å². The summed E-state index contributed by atoms with van der Waals surface area (Å²) < 4.78 is 15.9. The number of anilines is 1. The van der Waals surface area contributed by atoms with E-state index in [2.05, 4.69) is 10.6 Å². The second kappa shape index (κ2) is 8.93. The van der Waals surface area contributed by atoms with Crippen molar-refractivity contribution in [1.82, 2.24) is 5.32 Å². The minimum atomic E-state index is -0.315. The van der Waals surface area contributed by atoms with Crippen LogP contribution in [0, 0.1) is 0 Å². The fourth-order valence-corrected chi connectivity index (χ4v) is 2.73. The van der Waals surface area contributed by atoms with Gasteiger partial charge in [0.2, 0.25) is 11.7 Å². The highest BCUT2D eigenvalue weighted by Gasteiger charge is 2.22. The number of rotatable bonds is 7. The van der Waals surface area contributed by atoms with Gasteiger partial charge in [0.05, 0.1) is 32.9 Å². The molecule has 1 atom stereocenters. The molecular weight excluding hydrogens is 348 g/mol. The molecule has 0 aromatic heterocycles. The molecular formula is C20H24N2O5. The summed E-state index contributed by atoms with van der Waals surface area (Å²) in [6, 6.07) is 10.3. The Morgan fingerprint density at radius 3 is 2.26 bits per heavy atom. The maximum atomic E-state index is 12.8. The second-order valence-electron chi connectivity index (χ2n) is 5.88. The maximum absolute atomic E-state index is 12.8. The van der Waals surface area contributed by atoms with Crippen molar-refractivity contribution < 1.29 is 23.8 Å². The number of ether oxygens (including phenoxy) is 3. The Labute approximate surface area is 158 Å². The predicted octanol–water partition coefficient (Wildman–Crippen LogP) is 3.16. The second-order valence-corrected chi connectivity index (χ2v) is 5.88. The van der Waals surface area contributed by atoms with Crippen molar-refractivity contribution in [2.45, 2.75) is 19.9 Å². The first-order chi connectivity index (χ1) is 12.9. The molecule has 0 fully saturated rings. The molecule has 2 amide bonds. The van der Waals surface area contributed by atoms with E-state index in [0.29, 0.717) is 28.5 Å². The lowest BCUT2D eigenvalue weighted by Gasteiger charge is -2.18. The van der Waals surface area contributed by atoms with Gasteiger partial charge in [0, 0.05) is 12.6 Å². The van der Waals surface area contributed by atoms with Crippen LogP contribution in [0.2, 0.25) is 0 Å². The average Bonchev–Trinajstić information content (AvgIpc) is 2.66. The Morgan fingerprint density at radius 2 is 1.67 bits per heavy atom. The highest BCUT2D eigenvalue weighted by Crippen LogP contribution is 2.39. The molecule has 1 unspecified atom stereocenters. The summed E-state index contributed by atoms with van der Waals surface area (Å²) in [5.41, 5.74) is 1.86. The van der Waals surface area contributed by atoms with Crippen molar-refractivity contribution in [3.63, 3.8) is 0 Å². The molecule has 144 valence electrons. The summed E-state index contributed by atoms with van der Waals surface area (Å²) in [6.07, 6.45) is 0. The van der Waals surface area contributed by atoms with Gasteiger partial charge in [-0.15, -0.1) is 0 Å². The molecule has 0 aliphatic carbocycles. The Hall–Kier alpha value is -3.22. The average molecular weight is 372 g/mol. The Balaban J connectivity index is 2.25. The third-order valence-corrected chi connectivity index (χ3v) is 4.00. The molecule has 2 rings (SSSR count). The highest BCUT2D eigenvalue weighted by molar-refractivity contribution is 5.98. The van der Waals surface area contributed by atoms with E-state index in [9.17, 15) is 9.59 Å². The topological polar surface area (TPSA) is 85.9 Å². The van der Waals surface area contributed by atoms with Gasteiger partial charge in [-0.1, -0.05) is 12.1 Å². The molecule has 0 aliphatic heterocycles. The smallest absolute Gasteiger partial charge is 0.255 e. The quantitative estimate of drug-likeness (QED) is 0.780. The third kappa shape index (κ3) is 4.69. The fraction of sp³-hybridized carbons (Fsp3) is 0.300. The molecule has 0 saturated heterocycles. The van der Waals surface area contributed by atoms with E-state index in [1.54, 1.807) is 18.2 Å². The molecule has 2 aromatic carbocycles. The SMILES string of the molecule is COc1ccc(C(=O)NC(C)c2cccc(NC(C)=O)c2)c(OC)c1OC. The minimum Gasteiger partial charge on any atom is -0.493 e. The lowest BCUT2D eigenvalue weighted by molar-refractivity contribution is -0.114. The maximum Gasteiger partial charge on any atom is 0.255 e. The molecule has 7 heteroatoms. The lowest BCUT2D eigenvalue weighted by Crippen LogP contribution is -2.27. The Kier molecular flexibility index (Phi) is 6.65. The largest absolute Gasteiger partial charge is 0.493 e. The standard InChI is InChI=1S/C20H24N2O5/c1-12(14-7-6-8-15(11-14)22-13(2)23)21-20(24)16-9-10-17(25-3)19(27-5)18(16)26-4/h6-12H,1-5H3,(H,21,24)(H,22,23). The first-order valence-electron chi connectivity index (χ1n) is 8.38. The van der Waals surface area contributed by atoms with E-state index in [-0.39, 0.29) is 17.9 Å². The van der Waals surface area contributed by atoms with Gasteiger partial charge in [-0.25, -0.2) is 0 Å². The van der Waals surface area contributed by atoms with Crippen molar-refractivity contribution in [3.8, 4) is 17.2 Å². The van der Waals surface area contributed by atoms with Gasteiger partial charge < -0.3 is 24.8 Å². The van der Waals surface area contributed by atoms with Crippen molar-refractivity contribution in [1.29, 1.82) is 0 Å². The Morgan fingerprint density at radius 1 is 0.963 bits per heavy atom. The van der Waals surface area contributed by atoms with Crippen molar-refractivity contribution in [2.24, 2.45) is 0 Å². The van der Waals surface area contributed by atoms with Gasteiger partial charge in [0.25, 0.3) is 5.91 Å². The minimum absolute atomic E-state index is 0.154. The molecule has 2 N–H and O–H groups in total. The number of amides is 2. The van der Waals surface area contributed by atoms with Gasteiger partial charge in [-0.2, -0.15) is 0 Å². The van der Waals surface area contributed by atoms with Gasteiger partial charge >= 0.3 is 0 Å². The number of hydrogen-bond donors (Lipinski definition) is 2. The van der Waals surface area contributed by atoms with E-state index in [4.69, 9.17) is 14.2 Å². The van der Waals surface area contributed by atoms with Crippen LogP contribution in [0.1, 0.15) is 35.8 Å². The fourth-order valence-electron chi connectivity index (χ4n) is 2.73. The normalized spacial score (nSPS) is 11.3. The number of hydrogen-bond acceptors (Lipinski definition) is 5. The summed E-state index contributed by atoms with van der Waals surface area (Å²) in [5, 5.41) is 5.66. The van der Waals surface area contributed by atoms with Crippen LogP contribution >= 0.6 is 0 Å². The van der Waals surface area contributed by atoms with Crippen LogP contribution in [-0.2, 0) is 4.79 Å². The molecule has 0 saturated carbocycles. The van der Waals surface area contributed by atoms with Gasteiger partial charge in [-0.3, -0.25) is 9.59 Å². The van der Waals surface area contributed by atoms with Crippen LogP contribution in [0.3, 0.4) is 0 Å². The van der Waals surface area contributed by atoms with Crippen molar-refractivity contribution in [2.75, 3.05) is 26.6 Å². The number of carbonyl (C=O) groups excluding carboxylic acids is 2. The van der Waals surface area contributed by atoms with Crippen LogP contribution in [0.15, 0.2) is 36.4 Å². The third-order valence-electron chi connectivity index (χ3n) is 4.00. The van der Waals surface area contributed by atoms with Crippen LogP contribution in [0.5, 0.6) is 17.2 Å². The summed E-state index contributed by atoms with van der Waals surface area (Å²) in [5.74, 6) is 0.660. The van der Waals surface area contributed by atoms with Crippen molar-refractivity contribution >= 4 is 17.5 Å². The van der Waals surface area contributed by atoms with Gasteiger partial charge in [0.1, 0.15) is 0 Å². The number of carbonyl (C=O) groups is 2. The summed E-state index contributed by atoms with van der Waals surface area (Å²) >= 11 is 0. The lowest BCUT2D eigenvalue weighted by atomic mass is 10.1. The summed E-state index contributed by atoms with van der Waals surface area (Å²) in [6.45, 7) is 3.30. The van der Waals surface area contributed by atoms with Crippen LogP contribution in [-0.4, -0.2) is 33.1 Å². The highest BCUT2D eigenvalue weighted by atomic mass is 16.5. The van der Waals surface area contributed by atoms with E-state index in [1.165, 1.54) is 28.3 Å². The molecule has 2 aromatic rings. The monoisotopic (exact) mass is 372 g/mol. The van der Waals surface area contributed by atoms with E-state index >= 15 is 0 Å². The number of methoxy groups -OCH3 is 3. The van der Waals surface area contributed by atoms with Gasteiger partial charge in [0.15, 0.2) is 11.5 Å². The Bertz CT molecular complexity index is 835. The van der Waals surface area contributed by atoms with Crippen LogP contribution < -0.4 is 24.8 Å². The first-order valence-corrected chi connectivity index (χ1v) is 8.38. The number of benzene rings is 2.